The molecule has 2 rings (SSSR count). The van der Waals surface area contributed by atoms with Crippen LogP contribution in [-0.4, -0.2) is 29.6 Å². The highest BCUT2D eigenvalue weighted by Crippen LogP contribution is 2.45. The van der Waals surface area contributed by atoms with Crippen LogP contribution in [0.25, 0.3) is 0 Å². The number of carbonyl (C=O) groups excluding carboxylic acids is 2. The van der Waals surface area contributed by atoms with E-state index in [0.29, 0.717) is 0 Å². The SMILES string of the molecule is C[C@H]1N[C@@](C(=O)C(F)(F)F)(C(C)(C)C)N(c2cc(Cl)cc(Cl)c2)C1=O. The van der Waals surface area contributed by atoms with E-state index in [-0.39, 0.29) is 15.7 Å². The molecule has 9 heteroatoms. The van der Waals surface area contributed by atoms with Crippen LogP contribution in [0.5, 0.6) is 0 Å². The third-order valence-corrected chi connectivity index (χ3v) is 4.57. The molecule has 0 aromatic heterocycles. The molecule has 1 amide bonds. The first-order chi connectivity index (χ1) is 11.2. The molecule has 0 unspecified atom stereocenters. The first-order valence-electron chi connectivity index (χ1n) is 7.41. The Balaban J connectivity index is 2.80. The molecule has 0 radical (unpaired) electrons. The van der Waals surface area contributed by atoms with Gasteiger partial charge in [-0.3, -0.25) is 19.8 Å². The van der Waals surface area contributed by atoms with E-state index in [0.717, 1.165) is 4.90 Å². The zero-order chi connectivity index (χ0) is 19.4. The van der Waals surface area contributed by atoms with Crippen molar-refractivity contribution in [2.75, 3.05) is 4.90 Å². The Hall–Kier alpha value is -1.31. The molecule has 1 saturated heterocycles. The Morgan fingerprint density at radius 1 is 1.16 bits per heavy atom. The maximum atomic E-state index is 13.4. The summed E-state index contributed by atoms with van der Waals surface area (Å²) in [5, 5.41) is 2.84. The molecule has 0 aliphatic carbocycles. The lowest BCUT2D eigenvalue weighted by Gasteiger charge is -2.46. The third kappa shape index (κ3) is 3.25. The van der Waals surface area contributed by atoms with Crippen LogP contribution in [0.15, 0.2) is 18.2 Å². The lowest BCUT2D eigenvalue weighted by Crippen LogP contribution is -2.69. The molecule has 25 heavy (non-hydrogen) atoms. The van der Waals surface area contributed by atoms with Gasteiger partial charge in [-0.25, -0.2) is 0 Å². The first-order valence-corrected chi connectivity index (χ1v) is 8.17. The van der Waals surface area contributed by atoms with Crippen molar-refractivity contribution in [3.05, 3.63) is 28.2 Å². The topological polar surface area (TPSA) is 49.4 Å². The van der Waals surface area contributed by atoms with Crippen molar-refractivity contribution in [2.45, 2.75) is 45.6 Å². The molecule has 138 valence electrons. The molecule has 1 aromatic carbocycles. The number of carbonyl (C=O) groups is 2. The molecule has 1 heterocycles. The number of halogens is 5. The largest absolute Gasteiger partial charge is 0.454 e. The lowest BCUT2D eigenvalue weighted by atomic mass is 9.76. The third-order valence-electron chi connectivity index (χ3n) is 4.13. The van der Waals surface area contributed by atoms with E-state index in [1.54, 1.807) is 0 Å². The van der Waals surface area contributed by atoms with Gasteiger partial charge in [0.05, 0.1) is 6.04 Å². The fraction of sp³-hybridized carbons (Fsp3) is 0.500. The summed E-state index contributed by atoms with van der Waals surface area (Å²) in [4.78, 5) is 25.9. The molecule has 1 aliphatic rings. The number of rotatable bonds is 2. The number of nitrogens with one attached hydrogen (secondary N) is 1. The highest BCUT2D eigenvalue weighted by atomic mass is 35.5. The standard InChI is InChI=1S/C16H17Cl2F3N2O2/c1-8-12(24)23(11-6-9(17)5-10(18)7-11)15(22-8,14(2,3)4)13(25)16(19,20)21/h5-8,22H,1-4H3/t8-,15-/m1/s1. The zero-order valence-electron chi connectivity index (χ0n) is 14.0. The number of Topliss-reactive ketones (excluding diaryl/α,β-unsaturated/α-hetero) is 1. The normalized spacial score (nSPS) is 24.8. The van der Waals surface area contributed by atoms with E-state index in [2.05, 4.69) is 5.32 Å². The van der Waals surface area contributed by atoms with Gasteiger partial charge < -0.3 is 0 Å². The molecule has 2 atom stereocenters. The number of nitrogens with zero attached hydrogens (tertiary/aromatic N) is 1. The summed E-state index contributed by atoms with van der Waals surface area (Å²) in [5.74, 6) is -2.73. The smallest absolute Gasteiger partial charge is 0.285 e. The van der Waals surface area contributed by atoms with E-state index < -0.39 is 35.0 Å². The zero-order valence-corrected chi connectivity index (χ0v) is 15.5. The average Bonchev–Trinajstić information content (AvgIpc) is 2.68. The van der Waals surface area contributed by atoms with Gasteiger partial charge >= 0.3 is 6.18 Å². The fourth-order valence-corrected chi connectivity index (χ4v) is 3.57. The second kappa shape index (κ2) is 6.14. The molecule has 4 nitrogen and oxygen atoms in total. The van der Waals surface area contributed by atoms with E-state index in [4.69, 9.17) is 23.2 Å². The van der Waals surface area contributed by atoms with Gasteiger partial charge in [0.2, 0.25) is 5.91 Å². The summed E-state index contributed by atoms with van der Waals surface area (Å²) in [6, 6.07) is 2.99. The van der Waals surface area contributed by atoms with Gasteiger partial charge in [0.15, 0.2) is 5.66 Å². The molecule has 1 N–H and O–H groups in total. The first kappa shape index (κ1) is 20.0. The summed E-state index contributed by atoms with van der Waals surface area (Å²) in [5.41, 5.74) is -3.59. The highest BCUT2D eigenvalue weighted by Gasteiger charge is 2.67. The summed E-state index contributed by atoms with van der Waals surface area (Å²) in [6.07, 6.45) is -5.15. The summed E-state index contributed by atoms with van der Waals surface area (Å²) in [7, 11) is 0. The van der Waals surface area contributed by atoms with Gasteiger partial charge in [-0.1, -0.05) is 44.0 Å². The minimum atomic E-state index is -5.15. The molecular formula is C16H17Cl2F3N2O2. The van der Waals surface area contributed by atoms with Crippen LogP contribution in [-0.2, 0) is 9.59 Å². The number of ketones is 1. The molecule has 0 bridgehead atoms. The average molecular weight is 397 g/mol. The van der Waals surface area contributed by atoms with E-state index in [1.165, 1.54) is 45.9 Å². The second-order valence-corrected chi connectivity index (χ2v) is 7.83. The van der Waals surface area contributed by atoms with Crippen molar-refractivity contribution in [3.63, 3.8) is 0 Å². The number of alkyl halides is 3. The van der Waals surface area contributed by atoms with E-state index >= 15 is 0 Å². The number of hydrogen-bond acceptors (Lipinski definition) is 3. The van der Waals surface area contributed by atoms with Crippen molar-refractivity contribution in [3.8, 4) is 0 Å². The molecular weight excluding hydrogens is 380 g/mol. The second-order valence-electron chi connectivity index (χ2n) is 6.95. The highest BCUT2D eigenvalue weighted by molar-refractivity contribution is 6.35. The van der Waals surface area contributed by atoms with Crippen LogP contribution in [0, 0.1) is 5.41 Å². The Kier molecular flexibility index (Phi) is 4.92. The number of amides is 1. The van der Waals surface area contributed by atoms with Crippen LogP contribution < -0.4 is 10.2 Å². The van der Waals surface area contributed by atoms with Gasteiger partial charge in [-0.05, 0) is 25.1 Å². The van der Waals surface area contributed by atoms with Crippen molar-refractivity contribution < 1.29 is 22.8 Å². The van der Waals surface area contributed by atoms with Crippen LogP contribution in [0.3, 0.4) is 0 Å². The molecule has 1 aliphatic heterocycles. The van der Waals surface area contributed by atoms with Crippen LogP contribution >= 0.6 is 23.2 Å². The van der Waals surface area contributed by atoms with E-state index in [9.17, 15) is 22.8 Å². The summed E-state index contributed by atoms with van der Waals surface area (Å²) in [6.45, 7) is 5.76. The Morgan fingerprint density at radius 2 is 1.64 bits per heavy atom. The maximum Gasteiger partial charge on any atom is 0.454 e. The predicted octanol–water partition coefficient (Wildman–Crippen LogP) is 4.19. The number of benzene rings is 1. The van der Waals surface area contributed by atoms with Gasteiger partial charge in [0.1, 0.15) is 0 Å². The van der Waals surface area contributed by atoms with Crippen molar-refractivity contribution in [1.82, 2.24) is 5.32 Å². The van der Waals surface area contributed by atoms with Gasteiger partial charge in [0, 0.05) is 21.1 Å². The number of anilines is 1. The fourth-order valence-electron chi connectivity index (χ4n) is 3.05. The Morgan fingerprint density at radius 3 is 2.04 bits per heavy atom. The van der Waals surface area contributed by atoms with Gasteiger partial charge in [-0.15, -0.1) is 0 Å². The molecule has 1 aromatic rings. The van der Waals surface area contributed by atoms with Crippen LogP contribution in [0.1, 0.15) is 27.7 Å². The molecule has 1 fully saturated rings. The van der Waals surface area contributed by atoms with Gasteiger partial charge in [0.25, 0.3) is 5.78 Å². The minimum Gasteiger partial charge on any atom is -0.285 e. The van der Waals surface area contributed by atoms with E-state index in [1.807, 2.05) is 0 Å². The summed E-state index contributed by atoms with van der Waals surface area (Å²) >= 11 is 11.9. The maximum absolute atomic E-state index is 13.4. The predicted molar refractivity (Wildman–Crippen MR) is 89.8 cm³/mol. The quantitative estimate of drug-likeness (QED) is 0.814. The van der Waals surface area contributed by atoms with Gasteiger partial charge in [-0.2, -0.15) is 13.2 Å². The van der Waals surface area contributed by atoms with Crippen molar-refractivity contribution >= 4 is 40.6 Å². The molecule has 0 saturated carbocycles. The van der Waals surface area contributed by atoms with Crippen molar-refractivity contribution in [2.24, 2.45) is 5.41 Å². The minimum absolute atomic E-state index is 0.0203. The summed E-state index contributed by atoms with van der Waals surface area (Å²) < 4.78 is 40.2. The van der Waals surface area contributed by atoms with Crippen LogP contribution in [0.2, 0.25) is 10.0 Å². The lowest BCUT2D eigenvalue weighted by molar-refractivity contribution is -0.182. The molecule has 0 spiro atoms. The number of hydrogen-bond donors (Lipinski definition) is 1. The van der Waals surface area contributed by atoms with Crippen molar-refractivity contribution in [1.29, 1.82) is 0 Å². The Labute approximate surface area is 153 Å². The Bertz CT molecular complexity index is 711. The monoisotopic (exact) mass is 396 g/mol. The van der Waals surface area contributed by atoms with Crippen LogP contribution in [0.4, 0.5) is 18.9 Å².